The molecule has 1 spiro atoms. The Labute approximate surface area is 188 Å². The normalized spacial score (nSPS) is 26.2. The van der Waals surface area contributed by atoms with Gasteiger partial charge in [-0.05, 0) is 81.5 Å². The number of carbonyl (C=O) groups excluding carboxylic acids is 1. The topological polar surface area (TPSA) is 89.5 Å². The number of pyridine rings is 1. The molecule has 8 nitrogen and oxygen atoms in total. The first-order chi connectivity index (χ1) is 15.7. The number of nitrogens with one attached hydrogen (secondary N) is 1. The number of hydrogen-bond acceptors (Lipinski definition) is 7. The smallest absolute Gasteiger partial charge is 0.416 e. The van der Waals surface area contributed by atoms with Crippen LogP contribution in [0.1, 0.15) is 57.8 Å². The molecule has 1 saturated heterocycles. The van der Waals surface area contributed by atoms with Crippen molar-refractivity contribution in [3.8, 4) is 5.75 Å². The Bertz CT molecular complexity index is 894. The van der Waals surface area contributed by atoms with E-state index in [9.17, 15) is 4.79 Å². The van der Waals surface area contributed by atoms with Crippen LogP contribution in [0.25, 0.3) is 0 Å². The maximum absolute atomic E-state index is 12.4. The standard InChI is InChI=1S/C24H31N5O3/c30-23-29(22-7-4-14-27-28-22)17-24(32-23)12-10-18(11-13-24)15-25-21-9-8-20(16-26-21)31-19-5-2-1-3-6-19/h4,7-9,14,16,18-19H,1-3,5-6,10-13,15,17H2,(H,25,26)/t18-,24-. The predicted octanol–water partition coefficient (Wildman–Crippen LogP) is 4.58. The lowest BCUT2D eigenvalue weighted by molar-refractivity contribution is 0.0148. The Balaban J connectivity index is 1.08. The number of carbonyl (C=O) groups is 1. The van der Waals surface area contributed by atoms with E-state index in [-0.39, 0.29) is 6.09 Å². The first-order valence-corrected chi connectivity index (χ1v) is 11.8. The highest BCUT2D eigenvalue weighted by Gasteiger charge is 2.48. The SMILES string of the molecule is O=C1O[C@]2(CC[C@H](CNc3ccc(OC4CCCCC4)cn3)CC2)CN1c1cccnn1. The summed E-state index contributed by atoms with van der Waals surface area (Å²) in [6.45, 7) is 1.42. The van der Waals surface area contributed by atoms with Crippen molar-refractivity contribution in [2.45, 2.75) is 69.5 Å². The van der Waals surface area contributed by atoms with E-state index in [0.29, 0.717) is 24.4 Å². The molecule has 1 aliphatic heterocycles. The van der Waals surface area contributed by atoms with Crippen LogP contribution in [-0.2, 0) is 4.74 Å². The fourth-order valence-electron chi connectivity index (χ4n) is 5.08. The average Bonchev–Trinajstić information content (AvgIpc) is 3.16. The van der Waals surface area contributed by atoms with Gasteiger partial charge in [0.25, 0.3) is 0 Å². The van der Waals surface area contributed by atoms with Gasteiger partial charge in [0.2, 0.25) is 0 Å². The van der Waals surface area contributed by atoms with Gasteiger partial charge in [-0.2, -0.15) is 5.10 Å². The average molecular weight is 438 g/mol. The Morgan fingerprint density at radius 2 is 1.97 bits per heavy atom. The van der Waals surface area contributed by atoms with Crippen molar-refractivity contribution in [1.82, 2.24) is 15.2 Å². The summed E-state index contributed by atoms with van der Waals surface area (Å²) >= 11 is 0. The van der Waals surface area contributed by atoms with Gasteiger partial charge in [0, 0.05) is 12.7 Å². The molecule has 1 N–H and O–H groups in total. The second-order valence-corrected chi connectivity index (χ2v) is 9.30. The minimum atomic E-state index is -0.401. The molecule has 2 aliphatic carbocycles. The number of aromatic nitrogens is 3. The maximum atomic E-state index is 12.4. The molecular formula is C24H31N5O3. The minimum Gasteiger partial charge on any atom is -0.489 e. The number of ether oxygens (including phenoxy) is 2. The zero-order valence-corrected chi connectivity index (χ0v) is 18.4. The fraction of sp³-hybridized carbons (Fsp3) is 0.583. The van der Waals surface area contributed by atoms with E-state index in [0.717, 1.165) is 56.6 Å². The van der Waals surface area contributed by atoms with Crippen molar-refractivity contribution in [3.63, 3.8) is 0 Å². The number of rotatable bonds is 6. The van der Waals surface area contributed by atoms with Crippen LogP contribution in [-0.4, -0.2) is 46.1 Å². The van der Waals surface area contributed by atoms with Gasteiger partial charge >= 0.3 is 6.09 Å². The van der Waals surface area contributed by atoms with Crippen LogP contribution in [0.3, 0.4) is 0 Å². The summed E-state index contributed by atoms with van der Waals surface area (Å²) in [4.78, 5) is 18.5. The second-order valence-electron chi connectivity index (χ2n) is 9.30. The molecule has 3 aliphatic rings. The van der Waals surface area contributed by atoms with E-state index in [4.69, 9.17) is 9.47 Å². The number of hydrogen-bond donors (Lipinski definition) is 1. The number of nitrogens with zero attached hydrogens (tertiary/aromatic N) is 4. The van der Waals surface area contributed by atoms with Crippen LogP contribution in [0.4, 0.5) is 16.4 Å². The lowest BCUT2D eigenvalue weighted by Gasteiger charge is -2.35. The largest absolute Gasteiger partial charge is 0.489 e. The van der Waals surface area contributed by atoms with Gasteiger partial charge in [-0.25, -0.2) is 9.78 Å². The fourth-order valence-corrected chi connectivity index (χ4v) is 5.08. The van der Waals surface area contributed by atoms with Crippen molar-refractivity contribution < 1.29 is 14.3 Å². The quantitative estimate of drug-likeness (QED) is 0.707. The van der Waals surface area contributed by atoms with Crippen molar-refractivity contribution in [1.29, 1.82) is 0 Å². The first kappa shape index (κ1) is 21.0. The molecule has 2 aromatic heterocycles. The first-order valence-electron chi connectivity index (χ1n) is 11.8. The van der Waals surface area contributed by atoms with Crippen LogP contribution >= 0.6 is 0 Å². The summed E-state index contributed by atoms with van der Waals surface area (Å²) in [5.74, 6) is 2.82. The summed E-state index contributed by atoms with van der Waals surface area (Å²) < 4.78 is 11.9. The van der Waals surface area contributed by atoms with Gasteiger partial charge < -0.3 is 14.8 Å². The highest BCUT2D eigenvalue weighted by atomic mass is 16.6. The van der Waals surface area contributed by atoms with E-state index in [1.165, 1.54) is 19.3 Å². The van der Waals surface area contributed by atoms with Gasteiger partial charge in [0.15, 0.2) is 5.82 Å². The third-order valence-electron chi connectivity index (χ3n) is 6.98. The predicted molar refractivity (Wildman–Crippen MR) is 121 cm³/mol. The van der Waals surface area contributed by atoms with Crippen LogP contribution in [0.5, 0.6) is 5.75 Å². The lowest BCUT2D eigenvalue weighted by Crippen LogP contribution is -2.39. The lowest BCUT2D eigenvalue weighted by atomic mass is 9.78. The van der Waals surface area contributed by atoms with Gasteiger partial charge in [-0.15, -0.1) is 5.10 Å². The second kappa shape index (κ2) is 9.30. The van der Waals surface area contributed by atoms with Crippen LogP contribution in [0.15, 0.2) is 36.7 Å². The molecule has 1 amide bonds. The third-order valence-corrected chi connectivity index (χ3v) is 6.98. The Morgan fingerprint density at radius 3 is 2.69 bits per heavy atom. The van der Waals surface area contributed by atoms with E-state index >= 15 is 0 Å². The zero-order valence-electron chi connectivity index (χ0n) is 18.4. The molecule has 32 heavy (non-hydrogen) atoms. The van der Waals surface area contributed by atoms with E-state index in [2.05, 4.69) is 20.5 Å². The molecule has 0 aromatic carbocycles. The number of anilines is 2. The van der Waals surface area contributed by atoms with Crippen molar-refractivity contribution in [3.05, 3.63) is 36.7 Å². The molecule has 3 fully saturated rings. The van der Waals surface area contributed by atoms with Gasteiger partial charge in [-0.1, -0.05) is 6.42 Å². The monoisotopic (exact) mass is 437 g/mol. The summed E-state index contributed by atoms with van der Waals surface area (Å²) in [7, 11) is 0. The Morgan fingerprint density at radius 1 is 1.12 bits per heavy atom. The van der Waals surface area contributed by atoms with Gasteiger partial charge in [0.05, 0.1) is 18.8 Å². The van der Waals surface area contributed by atoms with Crippen molar-refractivity contribution >= 4 is 17.7 Å². The maximum Gasteiger partial charge on any atom is 0.416 e. The molecule has 8 heteroatoms. The molecule has 0 bridgehead atoms. The van der Waals surface area contributed by atoms with Crippen molar-refractivity contribution in [2.75, 3.05) is 23.3 Å². The molecule has 0 atom stereocenters. The Kier molecular flexibility index (Phi) is 6.10. The molecule has 170 valence electrons. The summed E-state index contributed by atoms with van der Waals surface area (Å²) in [6.07, 6.45) is 13.3. The zero-order chi connectivity index (χ0) is 21.8. The van der Waals surface area contributed by atoms with Crippen LogP contribution in [0.2, 0.25) is 0 Å². The number of amides is 1. The molecule has 0 radical (unpaired) electrons. The molecule has 5 rings (SSSR count). The summed E-state index contributed by atoms with van der Waals surface area (Å²) in [5, 5.41) is 11.4. The molecule has 0 unspecified atom stereocenters. The molecule has 3 heterocycles. The van der Waals surface area contributed by atoms with Crippen molar-refractivity contribution in [2.24, 2.45) is 5.92 Å². The van der Waals surface area contributed by atoms with Crippen LogP contribution < -0.4 is 15.0 Å². The third kappa shape index (κ3) is 4.79. The van der Waals surface area contributed by atoms with E-state index < -0.39 is 5.60 Å². The minimum absolute atomic E-state index is 0.318. The molecule has 2 saturated carbocycles. The van der Waals surface area contributed by atoms with Gasteiger partial charge in [-0.3, -0.25) is 4.90 Å². The van der Waals surface area contributed by atoms with Crippen LogP contribution in [0, 0.1) is 5.92 Å². The van der Waals surface area contributed by atoms with Gasteiger partial charge in [0.1, 0.15) is 17.2 Å². The summed E-state index contributed by atoms with van der Waals surface area (Å²) in [6, 6.07) is 7.59. The molecule has 2 aromatic rings. The Hall–Kier alpha value is -2.90. The highest BCUT2D eigenvalue weighted by molar-refractivity contribution is 5.89. The summed E-state index contributed by atoms with van der Waals surface area (Å²) in [5.41, 5.74) is -0.401. The van der Waals surface area contributed by atoms with E-state index in [1.54, 1.807) is 23.2 Å². The molecular weight excluding hydrogens is 406 g/mol. The van der Waals surface area contributed by atoms with E-state index in [1.807, 2.05) is 18.3 Å². The highest BCUT2D eigenvalue weighted by Crippen LogP contribution is 2.40.